The topological polar surface area (TPSA) is 50.8 Å². The van der Waals surface area contributed by atoms with E-state index in [1.54, 1.807) is 0 Å². The number of ether oxygens (including phenoxy) is 2. The van der Waals surface area contributed by atoms with Crippen LogP contribution in [-0.4, -0.2) is 43.3 Å². The van der Waals surface area contributed by atoms with Crippen molar-refractivity contribution in [1.29, 1.82) is 0 Å². The highest BCUT2D eigenvalue weighted by Crippen LogP contribution is 2.36. The Bertz CT molecular complexity index is 531. The maximum atomic E-state index is 12.5. The molecule has 1 aromatic carbocycles. The van der Waals surface area contributed by atoms with Gasteiger partial charge in [-0.05, 0) is 36.8 Å². The molecular formula is C18H26N2O3. The average Bonchev–Trinajstić information content (AvgIpc) is 3.43. The number of rotatable bonds is 6. The first-order chi connectivity index (χ1) is 11.3. The smallest absolute Gasteiger partial charge is 0.318 e. The van der Waals surface area contributed by atoms with E-state index in [2.05, 4.69) is 11.4 Å². The van der Waals surface area contributed by atoms with Crippen molar-refractivity contribution in [2.75, 3.05) is 26.4 Å². The summed E-state index contributed by atoms with van der Waals surface area (Å²) in [6.07, 6.45) is 2.44. The molecule has 3 rings (SSSR count). The normalized spacial score (nSPS) is 21.3. The zero-order chi connectivity index (χ0) is 16.1. The number of hydrogen-bond donors (Lipinski definition) is 1. The summed E-state index contributed by atoms with van der Waals surface area (Å²) in [7, 11) is 0. The molecule has 1 saturated heterocycles. The maximum absolute atomic E-state index is 12.5. The fourth-order valence-electron chi connectivity index (χ4n) is 3.08. The van der Waals surface area contributed by atoms with E-state index in [4.69, 9.17) is 9.47 Å². The molecule has 1 aliphatic carbocycles. The highest BCUT2D eigenvalue weighted by molar-refractivity contribution is 5.74. The van der Waals surface area contributed by atoms with Crippen LogP contribution in [0, 0.1) is 5.92 Å². The first kappa shape index (κ1) is 16.3. The maximum Gasteiger partial charge on any atom is 0.318 e. The minimum atomic E-state index is 0.0282. The molecule has 1 saturated carbocycles. The van der Waals surface area contributed by atoms with Gasteiger partial charge >= 0.3 is 6.03 Å². The molecule has 23 heavy (non-hydrogen) atoms. The number of benzene rings is 1. The van der Waals surface area contributed by atoms with Crippen molar-refractivity contribution < 1.29 is 14.3 Å². The van der Waals surface area contributed by atoms with Crippen molar-refractivity contribution in [2.45, 2.75) is 39.0 Å². The van der Waals surface area contributed by atoms with Gasteiger partial charge in [-0.3, -0.25) is 0 Å². The molecule has 5 heteroatoms. The fourth-order valence-corrected chi connectivity index (χ4v) is 3.08. The van der Waals surface area contributed by atoms with Crippen LogP contribution >= 0.6 is 0 Å². The number of urea groups is 1. The molecule has 2 aliphatic rings. The van der Waals surface area contributed by atoms with Gasteiger partial charge in [0.25, 0.3) is 0 Å². The monoisotopic (exact) mass is 318 g/mol. The molecule has 0 spiro atoms. The van der Waals surface area contributed by atoms with Gasteiger partial charge in [-0.25, -0.2) is 4.79 Å². The van der Waals surface area contributed by atoms with E-state index < -0.39 is 0 Å². The van der Waals surface area contributed by atoms with Gasteiger partial charge in [0.05, 0.1) is 25.9 Å². The Labute approximate surface area is 137 Å². The zero-order valence-corrected chi connectivity index (χ0v) is 13.8. The number of nitrogens with zero attached hydrogens (tertiary/aromatic N) is 1. The summed E-state index contributed by atoms with van der Waals surface area (Å²) < 4.78 is 11.0. The molecule has 1 aromatic rings. The number of carbonyl (C=O) groups is 1. The standard InChI is InChI=1S/C18H26N2O3/c1-2-22-12-15-5-3-4-14(10-15)11-19-18(21)20-8-9-23-13-17(20)16-6-7-16/h3-5,10,16-17H,2,6-9,11-13H2,1H3,(H,19,21)/t17-/m1/s1. The highest BCUT2D eigenvalue weighted by atomic mass is 16.5. The Hall–Kier alpha value is -1.59. The van der Waals surface area contributed by atoms with Gasteiger partial charge in [0.2, 0.25) is 0 Å². The Balaban J connectivity index is 1.53. The van der Waals surface area contributed by atoms with Gasteiger partial charge in [0.15, 0.2) is 0 Å². The van der Waals surface area contributed by atoms with Crippen LogP contribution in [0.5, 0.6) is 0 Å². The lowest BCUT2D eigenvalue weighted by Crippen LogP contribution is -2.53. The predicted molar refractivity (Wildman–Crippen MR) is 88.0 cm³/mol. The molecule has 1 atom stereocenters. The summed E-state index contributed by atoms with van der Waals surface area (Å²) in [5, 5.41) is 3.06. The van der Waals surface area contributed by atoms with Crippen molar-refractivity contribution in [1.82, 2.24) is 10.2 Å². The van der Waals surface area contributed by atoms with Crippen LogP contribution in [0.4, 0.5) is 4.79 Å². The minimum Gasteiger partial charge on any atom is -0.377 e. The number of morpholine rings is 1. The van der Waals surface area contributed by atoms with Crippen LogP contribution in [0.15, 0.2) is 24.3 Å². The fraction of sp³-hybridized carbons (Fsp3) is 0.611. The lowest BCUT2D eigenvalue weighted by Gasteiger charge is -2.35. The van der Waals surface area contributed by atoms with E-state index in [9.17, 15) is 4.79 Å². The van der Waals surface area contributed by atoms with Gasteiger partial charge < -0.3 is 19.7 Å². The molecule has 126 valence electrons. The van der Waals surface area contributed by atoms with Crippen molar-refractivity contribution in [3.8, 4) is 0 Å². The molecule has 1 N–H and O–H groups in total. The van der Waals surface area contributed by atoms with Crippen molar-refractivity contribution >= 4 is 6.03 Å². The van der Waals surface area contributed by atoms with Crippen LogP contribution in [0.3, 0.4) is 0 Å². The van der Waals surface area contributed by atoms with Crippen LogP contribution in [-0.2, 0) is 22.6 Å². The van der Waals surface area contributed by atoms with Gasteiger partial charge in [0.1, 0.15) is 0 Å². The average molecular weight is 318 g/mol. The van der Waals surface area contributed by atoms with E-state index in [0.717, 1.165) is 11.1 Å². The Kier molecular flexibility index (Phi) is 5.51. The number of carbonyl (C=O) groups excluding carboxylic acids is 1. The molecule has 1 aliphatic heterocycles. The third-order valence-electron chi connectivity index (χ3n) is 4.50. The number of amides is 2. The van der Waals surface area contributed by atoms with E-state index in [1.807, 2.05) is 30.0 Å². The third-order valence-corrected chi connectivity index (χ3v) is 4.50. The summed E-state index contributed by atoms with van der Waals surface area (Å²) in [6.45, 7) is 5.88. The molecule has 0 radical (unpaired) electrons. The largest absolute Gasteiger partial charge is 0.377 e. The first-order valence-corrected chi connectivity index (χ1v) is 8.55. The van der Waals surface area contributed by atoms with Crippen molar-refractivity contribution in [2.24, 2.45) is 5.92 Å². The zero-order valence-electron chi connectivity index (χ0n) is 13.8. The summed E-state index contributed by atoms with van der Waals surface area (Å²) in [5.74, 6) is 0.635. The van der Waals surface area contributed by atoms with E-state index in [1.165, 1.54) is 12.8 Å². The molecule has 1 heterocycles. The van der Waals surface area contributed by atoms with Crippen LogP contribution < -0.4 is 5.32 Å². The second-order valence-corrected chi connectivity index (χ2v) is 6.29. The van der Waals surface area contributed by atoms with Crippen molar-refractivity contribution in [3.05, 3.63) is 35.4 Å². The summed E-state index contributed by atoms with van der Waals surface area (Å²) in [5.41, 5.74) is 2.24. The quantitative estimate of drug-likeness (QED) is 0.877. The molecule has 0 bridgehead atoms. The van der Waals surface area contributed by atoms with E-state index in [-0.39, 0.29) is 12.1 Å². The third kappa shape index (κ3) is 4.45. The van der Waals surface area contributed by atoms with Gasteiger partial charge in [-0.2, -0.15) is 0 Å². The lowest BCUT2D eigenvalue weighted by atomic mass is 10.1. The molecular weight excluding hydrogens is 292 g/mol. The van der Waals surface area contributed by atoms with Crippen molar-refractivity contribution in [3.63, 3.8) is 0 Å². The molecule has 2 fully saturated rings. The second kappa shape index (κ2) is 7.79. The molecule has 5 nitrogen and oxygen atoms in total. The van der Waals surface area contributed by atoms with Crippen LogP contribution in [0.2, 0.25) is 0 Å². The minimum absolute atomic E-state index is 0.0282. The van der Waals surface area contributed by atoms with Gasteiger partial charge in [-0.15, -0.1) is 0 Å². The SMILES string of the molecule is CCOCc1cccc(CNC(=O)N2CCOC[C@@H]2C2CC2)c1. The van der Waals surface area contributed by atoms with E-state index in [0.29, 0.717) is 45.4 Å². The summed E-state index contributed by atoms with van der Waals surface area (Å²) in [6, 6.07) is 8.47. The van der Waals surface area contributed by atoms with Crippen LogP contribution in [0.25, 0.3) is 0 Å². The number of nitrogens with one attached hydrogen (secondary N) is 1. The summed E-state index contributed by atoms with van der Waals surface area (Å²) in [4.78, 5) is 14.5. The lowest BCUT2D eigenvalue weighted by molar-refractivity contribution is 0.00463. The number of hydrogen-bond acceptors (Lipinski definition) is 3. The Morgan fingerprint density at radius 3 is 3.00 bits per heavy atom. The molecule has 0 aromatic heterocycles. The Morgan fingerprint density at radius 1 is 1.39 bits per heavy atom. The first-order valence-electron chi connectivity index (χ1n) is 8.55. The van der Waals surface area contributed by atoms with Gasteiger partial charge in [0, 0.05) is 19.7 Å². The second-order valence-electron chi connectivity index (χ2n) is 6.29. The van der Waals surface area contributed by atoms with Crippen LogP contribution in [0.1, 0.15) is 30.9 Å². The highest BCUT2D eigenvalue weighted by Gasteiger charge is 2.39. The molecule has 0 unspecified atom stereocenters. The molecule has 2 amide bonds. The summed E-state index contributed by atoms with van der Waals surface area (Å²) >= 11 is 0. The van der Waals surface area contributed by atoms with Gasteiger partial charge in [-0.1, -0.05) is 24.3 Å². The van der Waals surface area contributed by atoms with E-state index >= 15 is 0 Å². The predicted octanol–water partition coefficient (Wildman–Crippen LogP) is 2.54. The Morgan fingerprint density at radius 2 is 2.22 bits per heavy atom.